The first-order valence-electron chi connectivity index (χ1n) is 8.00. The molecule has 126 valence electrons. The number of Topliss-reactive ketones (excluding diaryl/α,β-unsaturated/α-hetero) is 1. The number of hydrogen-bond acceptors (Lipinski definition) is 4. The minimum Gasteiger partial charge on any atom is -0.480 e. The Morgan fingerprint density at radius 3 is 2.43 bits per heavy atom. The summed E-state index contributed by atoms with van der Waals surface area (Å²) in [5.74, 6) is 0.540. The first-order valence-corrected chi connectivity index (χ1v) is 8.00. The van der Waals surface area contributed by atoms with E-state index in [0.717, 1.165) is 12.8 Å². The van der Waals surface area contributed by atoms with Crippen molar-refractivity contribution in [1.82, 2.24) is 4.90 Å². The van der Waals surface area contributed by atoms with E-state index in [2.05, 4.69) is 0 Å². The van der Waals surface area contributed by atoms with Gasteiger partial charge in [0.1, 0.15) is 11.4 Å². The van der Waals surface area contributed by atoms with Gasteiger partial charge in [-0.3, -0.25) is 4.79 Å². The van der Waals surface area contributed by atoms with E-state index in [1.165, 1.54) is 6.92 Å². The number of para-hydroxylation sites is 1. The third-order valence-electron chi connectivity index (χ3n) is 3.68. The molecule has 5 heteroatoms. The zero-order valence-corrected chi connectivity index (χ0v) is 14.2. The van der Waals surface area contributed by atoms with E-state index in [4.69, 9.17) is 9.47 Å². The van der Waals surface area contributed by atoms with E-state index in [0.29, 0.717) is 12.3 Å². The van der Waals surface area contributed by atoms with Crippen molar-refractivity contribution in [3.63, 3.8) is 0 Å². The summed E-state index contributed by atoms with van der Waals surface area (Å²) in [7, 11) is 0. The van der Waals surface area contributed by atoms with Gasteiger partial charge in [0.05, 0.1) is 6.04 Å². The second-order valence-corrected chi connectivity index (χ2v) is 6.85. The van der Waals surface area contributed by atoms with Crippen LogP contribution in [0, 0.1) is 0 Å². The van der Waals surface area contributed by atoms with Gasteiger partial charge in [0.2, 0.25) is 0 Å². The lowest BCUT2D eigenvalue weighted by Gasteiger charge is -2.32. The highest BCUT2D eigenvalue weighted by Crippen LogP contribution is 2.26. The summed E-state index contributed by atoms with van der Waals surface area (Å²) in [6.45, 7) is 7.58. The molecule has 0 radical (unpaired) electrons. The van der Waals surface area contributed by atoms with Gasteiger partial charge in [-0.15, -0.1) is 0 Å². The Balaban J connectivity index is 2.14. The molecule has 5 nitrogen and oxygen atoms in total. The topological polar surface area (TPSA) is 55.8 Å². The molecule has 1 aliphatic heterocycles. The summed E-state index contributed by atoms with van der Waals surface area (Å²) in [5.41, 5.74) is -0.559. The van der Waals surface area contributed by atoms with Crippen molar-refractivity contribution in [2.45, 2.75) is 58.3 Å². The van der Waals surface area contributed by atoms with Crippen molar-refractivity contribution in [3.8, 4) is 5.75 Å². The number of amides is 1. The summed E-state index contributed by atoms with van der Waals surface area (Å²) in [4.78, 5) is 26.1. The van der Waals surface area contributed by atoms with Crippen molar-refractivity contribution in [3.05, 3.63) is 30.3 Å². The summed E-state index contributed by atoms with van der Waals surface area (Å²) in [5, 5.41) is 0. The smallest absolute Gasteiger partial charge is 0.410 e. The molecule has 23 heavy (non-hydrogen) atoms. The van der Waals surface area contributed by atoms with Gasteiger partial charge in [0.25, 0.3) is 0 Å². The molecule has 0 saturated carbocycles. The highest BCUT2D eigenvalue weighted by molar-refractivity contribution is 5.82. The highest BCUT2D eigenvalue weighted by atomic mass is 16.6. The predicted octanol–water partition coefficient (Wildman–Crippen LogP) is 3.42. The van der Waals surface area contributed by atoms with Crippen LogP contribution >= 0.6 is 0 Å². The van der Waals surface area contributed by atoms with E-state index in [1.54, 1.807) is 4.90 Å². The Bertz CT molecular complexity index is 550. The van der Waals surface area contributed by atoms with Crippen molar-refractivity contribution in [2.24, 2.45) is 0 Å². The van der Waals surface area contributed by atoms with Crippen LogP contribution in [0.3, 0.4) is 0 Å². The molecular weight excluding hydrogens is 294 g/mol. The lowest BCUT2D eigenvalue weighted by atomic mass is 10.1. The molecule has 1 amide bonds. The third-order valence-corrected chi connectivity index (χ3v) is 3.68. The number of hydrogen-bond donors (Lipinski definition) is 0. The summed E-state index contributed by atoms with van der Waals surface area (Å²) in [6, 6.07) is 8.92. The van der Waals surface area contributed by atoms with Gasteiger partial charge < -0.3 is 14.4 Å². The maximum atomic E-state index is 12.4. The van der Waals surface area contributed by atoms with Gasteiger partial charge in [0.15, 0.2) is 11.9 Å². The number of ether oxygens (including phenoxy) is 2. The maximum absolute atomic E-state index is 12.4. The first-order chi connectivity index (χ1) is 10.8. The Kier molecular flexibility index (Phi) is 5.29. The minimum absolute atomic E-state index is 0.0886. The zero-order valence-electron chi connectivity index (χ0n) is 14.2. The number of likely N-dealkylation sites (tertiary alicyclic amines) is 1. The molecule has 0 aliphatic carbocycles. The predicted molar refractivity (Wildman–Crippen MR) is 87.5 cm³/mol. The molecule has 0 aromatic heterocycles. The number of ketones is 1. The molecule has 2 unspecified atom stereocenters. The Hall–Kier alpha value is -2.04. The van der Waals surface area contributed by atoms with Crippen LogP contribution in [0.5, 0.6) is 5.75 Å². The molecule has 1 aromatic carbocycles. The number of rotatable bonds is 4. The van der Waals surface area contributed by atoms with E-state index >= 15 is 0 Å². The van der Waals surface area contributed by atoms with Crippen molar-refractivity contribution in [2.75, 3.05) is 6.54 Å². The fourth-order valence-corrected chi connectivity index (χ4v) is 2.73. The molecule has 2 atom stereocenters. The van der Waals surface area contributed by atoms with Gasteiger partial charge in [-0.05, 0) is 52.7 Å². The van der Waals surface area contributed by atoms with Crippen LogP contribution in [0.1, 0.15) is 40.5 Å². The number of carbonyl (C=O) groups excluding carboxylic acids is 2. The van der Waals surface area contributed by atoms with E-state index in [-0.39, 0.29) is 17.9 Å². The Labute approximate surface area is 137 Å². The Morgan fingerprint density at radius 1 is 1.22 bits per heavy atom. The summed E-state index contributed by atoms with van der Waals surface area (Å²) < 4.78 is 11.3. The average molecular weight is 319 g/mol. The monoisotopic (exact) mass is 319 g/mol. The molecule has 1 fully saturated rings. The first kappa shape index (κ1) is 17.3. The molecule has 1 aliphatic rings. The minimum atomic E-state index is -0.674. The van der Waals surface area contributed by atoms with Gasteiger partial charge in [0, 0.05) is 6.54 Å². The van der Waals surface area contributed by atoms with E-state index in [1.807, 2.05) is 51.1 Å². The standard InChI is InChI=1S/C18H25NO4/c1-13(20)16(22-14-9-6-5-7-10-14)15-11-8-12-19(15)17(21)23-18(2,3)4/h5-7,9-10,15-16H,8,11-12H2,1-4H3. The normalized spacial score (nSPS) is 19.3. The summed E-state index contributed by atoms with van der Waals surface area (Å²) >= 11 is 0. The SMILES string of the molecule is CC(=O)C(Oc1ccccc1)C1CCCN1C(=O)OC(C)(C)C. The van der Waals surface area contributed by atoms with E-state index < -0.39 is 11.7 Å². The lowest BCUT2D eigenvalue weighted by molar-refractivity contribution is -0.126. The Morgan fingerprint density at radius 2 is 1.87 bits per heavy atom. The number of benzene rings is 1. The average Bonchev–Trinajstić information content (AvgIpc) is 2.93. The van der Waals surface area contributed by atoms with Crippen molar-refractivity contribution in [1.29, 1.82) is 0 Å². The fourth-order valence-electron chi connectivity index (χ4n) is 2.73. The second kappa shape index (κ2) is 7.02. The zero-order chi connectivity index (χ0) is 17.0. The van der Waals surface area contributed by atoms with Gasteiger partial charge in [-0.1, -0.05) is 18.2 Å². The molecule has 1 saturated heterocycles. The van der Waals surface area contributed by atoms with Crippen LogP contribution < -0.4 is 4.74 Å². The van der Waals surface area contributed by atoms with Crippen LogP contribution in [0.15, 0.2) is 30.3 Å². The molecule has 0 bridgehead atoms. The van der Waals surface area contributed by atoms with Crippen LogP contribution in [0.25, 0.3) is 0 Å². The van der Waals surface area contributed by atoms with Crippen molar-refractivity contribution >= 4 is 11.9 Å². The molecule has 2 rings (SSSR count). The number of carbonyl (C=O) groups is 2. The fraction of sp³-hybridized carbons (Fsp3) is 0.556. The van der Waals surface area contributed by atoms with Crippen LogP contribution in [0.4, 0.5) is 4.79 Å². The van der Waals surface area contributed by atoms with Crippen LogP contribution in [0.2, 0.25) is 0 Å². The largest absolute Gasteiger partial charge is 0.480 e. The molecule has 0 spiro atoms. The third kappa shape index (κ3) is 4.71. The summed E-state index contributed by atoms with van der Waals surface area (Å²) in [6.07, 6.45) is 0.512. The van der Waals surface area contributed by atoms with Crippen LogP contribution in [-0.2, 0) is 9.53 Å². The highest BCUT2D eigenvalue weighted by Gasteiger charge is 2.40. The quantitative estimate of drug-likeness (QED) is 0.853. The second-order valence-electron chi connectivity index (χ2n) is 6.85. The molecule has 1 heterocycles. The van der Waals surface area contributed by atoms with Crippen molar-refractivity contribution < 1.29 is 19.1 Å². The van der Waals surface area contributed by atoms with Gasteiger partial charge >= 0.3 is 6.09 Å². The van der Waals surface area contributed by atoms with Crippen LogP contribution in [-0.4, -0.2) is 41.1 Å². The number of nitrogens with zero attached hydrogens (tertiary/aromatic N) is 1. The molecule has 1 aromatic rings. The molecular formula is C18H25NO4. The maximum Gasteiger partial charge on any atom is 0.410 e. The van der Waals surface area contributed by atoms with Gasteiger partial charge in [-0.25, -0.2) is 4.79 Å². The van der Waals surface area contributed by atoms with Gasteiger partial charge in [-0.2, -0.15) is 0 Å². The lowest BCUT2D eigenvalue weighted by Crippen LogP contribution is -2.49. The van der Waals surface area contributed by atoms with E-state index in [9.17, 15) is 9.59 Å². The molecule has 0 N–H and O–H groups in total.